The van der Waals surface area contributed by atoms with Gasteiger partial charge >= 0.3 is 0 Å². The average Bonchev–Trinajstić information content (AvgIpc) is 2.19. The number of halogens is 2. The van der Waals surface area contributed by atoms with Gasteiger partial charge in [0.25, 0.3) is 5.92 Å². The summed E-state index contributed by atoms with van der Waals surface area (Å²) >= 11 is 0. The maximum absolute atomic E-state index is 12.3. The van der Waals surface area contributed by atoms with Gasteiger partial charge in [0.1, 0.15) is 5.78 Å². The van der Waals surface area contributed by atoms with Gasteiger partial charge < -0.3 is 0 Å². The Morgan fingerprint density at radius 2 is 2.22 bits per heavy atom. The molecule has 0 spiro atoms. The molecule has 3 heteroatoms. The second-order valence-electron chi connectivity index (χ2n) is 2.76. The Kier molecular flexibility index (Phi) is 0.695. The van der Waals surface area contributed by atoms with Crippen LogP contribution in [0.25, 0.3) is 0 Å². The van der Waals surface area contributed by atoms with Crippen LogP contribution >= 0.6 is 0 Å². The van der Waals surface area contributed by atoms with E-state index in [0.717, 1.165) is 0 Å². The van der Waals surface area contributed by atoms with Crippen LogP contribution in [0.4, 0.5) is 8.78 Å². The third-order valence-electron chi connectivity index (χ3n) is 2.25. The van der Waals surface area contributed by atoms with Crippen LogP contribution in [-0.4, -0.2) is 11.7 Å². The average molecular weight is 132 g/mol. The lowest BCUT2D eigenvalue weighted by atomic mass is 10.2. The predicted molar refractivity (Wildman–Crippen MR) is 26.2 cm³/mol. The molecule has 2 atom stereocenters. The van der Waals surface area contributed by atoms with Gasteiger partial charge in [-0.05, 0) is 6.42 Å². The first-order chi connectivity index (χ1) is 4.14. The fourth-order valence-corrected chi connectivity index (χ4v) is 1.64. The van der Waals surface area contributed by atoms with E-state index in [1.165, 1.54) is 0 Å². The van der Waals surface area contributed by atoms with Gasteiger partial charge in [0.2, 0.25) is 0 Å². The van der Waals surface area contributed by atoms with Gasteiger partial charge in [-0.25, -0.2) is 8.78 Å². The zero-order valence-electron chi connectivity index (χ0n) is 4.73. The molecule has 0 aromatic carbocycles. The summed E-state index contributed by atoms with van der Waals surface area (Å²) < 4.78 is 24.5. The number of ketones is 1. The minimum Gasteiger partial charge on any atom is -0.299 e. The fraction of sp³-hybridized carbons (Fsp3) is 0.833. The molecule has 0 radical (unpaired) electrons. The molecule has 9 heavy (non-hydrogen) atoms. The van der Waals surface area contributed by atoms with E-state index in [1.807, 2.05) is 0 Å². The summed E-state index contributed by atoms with van der Waals surface area (Å²) in [5, 5.41) is 0. The van der Waals surface area contributed by atoms with Gasteiger partial charge in [-0.2, -0.15) is 0 Å². The van der Waals surface area contributed by atoms with Crippen molar-refractivity contribution in [3.63, 3.8) is 0 Å². The minimum absolute atomic E-state index is 0.231. The summed E-state index contributed by atoms with van der Waals surface area (Å²) in [5.74, 6) is -4.30. The van der Waals surface area contributed by atoms with Crippen LogP contribution in [0.1, 0.15) is 12.8 Å². The molecule has 0 unspecified atom stereocenters. The highest BCUT2D eigenvalue weighted by molar-refractivity contribution is 5.88. The summed E-state index contributed by atoms with van der Waals surface area (Å²) in [7, 11) is 0. The second kappa shape index (κ2) is 1.18. The summed E-state index contributed by atoms with van der Waals surface area (Å²) in [6.07, 6.45) is 0.793. The van der Waals surface area contributed by atoms with Gasteiger partial charge in [0.15, 0.2) is 0 Å². The van der Waals surface area contributed by atoms with E-state index in [9.17, 15) is 13.6 Å². The number of fused-ring (bicyclic) bond motifs is 1. The number of carbonyl (C=O) groups excluding carboxylic acids is 1. The van der Waals surface area contributed by atoms with Crippen molar-refractivity contribution >= 4 is 5.78 Å². The van der Waals surface area contributed by atoms with Crippen LogP contribution in [0.2, 0.25) is 0 Å². The molecule has 0 bridgehead atoms. The van der Waals surface area contributed by atoms with Crippen molar-refractivity contribution in [2.24, 2.45) is 11.8 Å². The number of hydrogen-bond donors (Lipinski definition) is 0. The molecule has 50 valence electrons. The maximum atomic E-state index is 12.3. The van der Waals surface area contributed by atoms with Crippen LogP contribution in [0.5, 0.6) is 0 Å². The quantitative estimate of drug-likeness (QED) is 0.484. The Morgan fingerprint density at radius 3 is 2.44 bits per heavy atom. The highest BCUT2D eigenvalue weighted by Crippen LogP contribution is 2.62. The molecule has 0 aromatic rings. The van der Waals surface area contributed by atoms with Gasteiger partial charge in [-0.3, -0.25) is 4.79 Å². The van der Waals surface area contributed by atoms with Gasteiger partial charge in [0, 0.05) is 12.3 Å². The summed E-state index contributed by atoms with van der Waals surface area (Å²) in [5.41, 5.74) is 0. The largest absolute Gasteiger partial charge is 0.299 e. The lowest BCUT2D eigenvalue weighted by Crippen LogP contribution is -2.07. The summed E-state index contributed by atoms with van der Waals surface area (Å²) in [6, 6.07) is 0. The SMILES string of the molecule is O=C1CC[C@H]2[C@H]1C2(F)F. The standard InChI is InChI=1S/C6H6F2O/c7-6(8)3-1-2-4(9)5(3)6/h3,5H,1-2H2/t3-,5+/m0/s1. The van der Waals surface area contributed by atoms with E-state index in [4.69, 9.17) is 0 Å². The lowest BCUT2D eigenvalue weighted by molar-refractivity contribution is -0.121. The Hall–Kier alpha value is -0.470. The number of Topliss-reactive ketones (excluding diaryl/α,β-unsaturated/α-hetero) is 1. The van der Waals surface area contributed by atoms with Crippen molar-refractivity contribution < 1.29 is 13.6 Å². The van der Waals surface area contributed by atoms with Crippen LogP contribution < -0.4 is 0 Å². The number of rotatable bonds is 0. The van der Waals surface area contributed by atoms with Crippen molar-refractivity contribution in [2.75, 3.05) is 0 Å². The lowest BCUT2D eigenvalue weighted by Gasteiger charge is -1.96. The van der Waals surface area contributed by atoms with Gasteiger partial charge in [0.05, 0.1) is 5.92 Å². The van der Waals surface area contributed by atoms with Crippen molar-refractivity contribution in [3.8, 4) is 0 Å². The molecule has 0 amide bonds. The highest BCUT2D eigenvalue weighted by atomic mass is 19.3. The van der Waals surface area contributed by atoms with Crippen LogP contribution in [0.15, 0.2) is 0 Å². The Morgan fingerprint density at radius 1 is 1.56 bits per heavy atom. The van der Waals surface area contributed by atoms with Crippen molar-refractivity contribution in [1.29, 1.82) is 0 Å². The molecule has 0 saturated heterocycles. The molecule has 2 saturated carbocycles. The molecule has 0 aromatic heterocycles. The first-order valence-electron chi connectivity index (χ1n) is 3.04. The topological polar surface area (TPSA) is 17.1 Å². The van der Waals surface area contributed by atoms with Crippen molar-refractivity contribution in [1.82, 2.24) is 0 Å². The molecular weight excluding hydrogens is 126 g/mol. The first kappa shape index (κ1) is 5.33. The zero-order chi connectivity index (χ0) is 6.65. The van der Waals surface area contributed by atoms with E-state index >= 15 is 0 Å². The van der Waals surface area contributed by atoms with E-state index in [1.54, 1.807) is 0 Å². The molecule has 0 N–H and O–H groups in total. The molecule has 2 aliphatic rings. The number of hydrogen-bond acceptors (Lipinski definition) is 1. The third kappa shape index (κ3) is 0.454. The minimum atomic E-state index is -2.62. The highest BCUT2D eigenvalue weighted by Gasteiger charge is 2.73. The summed E-state index contributed by atoms with van der Waals surface area (Å²) in [6.45, 7) is 0. The van der Waals surface area contributed by atoms with Crippen molar-refractivity contribution in [3.05, 3.63) is 0 Å². The Bertz CT molecular complexity index is 176. The molecule has 2 aliphatic carbocycles. The van der Waals surface area contributed by atoms with Crippen LogP contribution in [0, 0.1) is 11.8 Å². The molecule has 0 heterocycles. The molecule has 0 aliphatic heterocycles. The van der Waals surface area contributed by atoms with Crippen LogP contribution in [-0.2, 0) is 4.79 Å². The third-order valence-corrected chi connectivity index (χ3v) is 2.25. The monoisotopic (exact) mass is 132 g/mol. The van der Waals surface area contributed by atoms with E-state index in [2.05, 4.69) is 0 Å². The van der Waals surface area contributed by atoms with Gasteiger partial charge in [-0.15, -0.1) is 0 Å². The first-order valence-corrected chi connectivity index (χ1v) is 3.04. The van der Waals surface area contributed by atoms with Gasteiger partial charge in [-0.1, -0.05) is 0 Å². The zero-order valence-corrected chi connectivity index (χ0v) is 4.73. The van der Waals surface area contributed by atoms with E-state index in [0.29, 0.717) is 12.8 Å². The number of carbonyl (C=O) groups is 1. The normalized spacial score (nSPS) is 44.9. The maximum Gasteiger partial charge on any atom is 0.261 e. The van der Waals surface area contributed by atoms with Crippen molar-refractivity contribution in [2.45, 2.75) is 18.8 Å². The molecular formula is C6H6F2O. The summed E-state index contributed by atoms with van der Waals surface area (Å²) in [4.78, 5) is 10.6. The Labute approximate surface area is 51.0 Å². The molecule has 2 rings (SSSR count). The molecule has 2 fully saturated rings. The van der Waals surface area contributed by atoms with E-state index < -0.39 is 17.8 Å². The van der Waals surface area contributed by atoms with E-state index in [-0.39, 0.29) is 5.78 Å². The van der Waals surface area contributed by atoms with Crippen LogP contribution in [0.3, 0.4) is 0 Å². The fourth-order valence-electron chi connectivity index (χ4n) is 1.64. The second-order valence-corrected chi connectivity index (χ2v) is 2.76. The predicted octanol–water partition coefficient (Wildman–Crippen LogP) is 1.23. The smallest absolute Gasteiger partial charge is 0.261 e. The molecule has 1 nitrogen and oxygen atoms in total. The Balaban J connectivity index is 2.23. The number of alkyl halides is 2.